The van der Waals surface area contributed by atoms with Crippen molar-refractivity contribution in [2.24, 2.45) is 10.7 Å². The second-order valence-corrected chi connectivity index (χ2v) is 10.5. The molecule has 0 aliphatic heterocycles. The van der Waals surface area contributed by atoms with E-state index >= 15 is 0 Å². The predicted molar refractivity (Wildman–Crippen MR) is 102 cm³/mol. The first-order chi connectivity index (χ1) is 10.4. The first-order valence-corrected chi connectivity index (χ1v) is 10.3. The first kappa shape index (κ1) is 16.4. The molecule has 0 spiro atoms. The molecule has 3 N–H and O–H groups in total. The van der Waals surface area contributed by atoms with Gasteiger partial charge >= 0.3 is 0 Å². The smallest absolute Gasteiger partial charge is 0.125 e. The van der Waals surface area contributed by atoms with Crippen LogP contribution in [0.25, 0.3) is 16.5 Å². The van der Waals surface area contributed by atoms with E-state index in [9.17, 15) is 0 Å². The van der Waals surface area contributed by atoms with Crippen LogP contribution >= 0.6 is 7.26 Å². The second-order valence-electron chi connectivity index (χ2n) is 6.00. The van der Waals surface area contributed by atoms with Gasteiger partial charge in [-0.1, -0.05) is 0 Å². The maximum atomic E-state index is 5.68. The fourth-order valence-corrected chi connectivity index (χ4v) is 4.43. The van der Waals surface area contributed by atoms with Crippen molar-refractivity contribution < 1.29 is 0 Å². The minimum Gasteiger partial charge on any atom is -0.404 e. The number of fused-ring (bicyclic) bond motifs is 1. The number of hydrogen-bond donors (Lipinski definition) is 2. The Morgan fingerprint density at radius 2 is 1.95 bits per heavy atom. The summed E-state index contributed by atoms with van der Waals surface area (Å²) in [6, 6.07) is 8.33. The summed E-state index contributed by atoms with van der Waals surface area (Å²) in [5.41, 5.74) is 9.53. The van der Waals surface area contributed by atoms with Crippen LogP contribution in [-0.4, -0.2) is 45.3 Å². The Hall–Kier alpha value is -1.93. The molecule has 0 amide bonds. The molecule has 116 valence electrons. The van der Waals surface area contributed by atoms with Crippen molar-refractivity contribution in [2.45, 2.75) is 0 Å². The Labute approximate surface area is 132 Å². The third-order valence-corrected chi connectivity index (χ3v) is 5.35. The molecule has 0 radical (unpaired) electrons. The Morgan fingerprint density at radius 1 is 1.23 bits per heavy atom. The van der Waals surface area contributed by atoms with Crippen LogP contribution in [0.15, 0.2) is 35.5 Å². The van der Waals surface area contributed by atoms with E-state index in [1.807, 2.05) is 13.1 Å². The van der Waals surface area contributed by atoms with Gasteiger partial charge in [0.1, 0.15) is 5.30 Å². The van der Waals surface area contributed by atoms with Crippen molar-refractivity contribution in [3.8, 4) is 0 Å². The minimum absolute atomic E-state index is 0.828. The van der Waals surface area contributed by atoms with Crippen molar-refractivity contribution in [3.63, 3.8) is 0 Å². The number of allylic oxidation sites excluding steroid dienone is 1. The van der Waals surface area contributed by atoms with E-state index in [0.717, 1.165) is 16.8 Å². The summed E-state index contributed by atoms with van der Waals surface area (Å²) in [7, 11) is 2.50. The van der Waals surface area contributed by atoms with Crippen molar-refractivity contribution in [3.05, 3.63) is 36.2 Å². The molecule has 4 nitrogen and oxygen atoms in total. The zero-order chi connectivity index (χ0) is 16.3. The summed E-state index contributed by atoms with van der Waals surface area (Å²) >= 11 is 0. The number of pyridine rings is 1. The lowest BCUT2D eigenvalue weighted by Crippen LogP contribution is -2.15. The summed E-state index contributed by atoms with van der Waals surface area (Å²) in [6.45, 7) is 6.97. The largest absolute Gasteiger partial charge is 0.404 e. The summed E-state index contributed by atoms with van der Waals surface area (Å²) in [6.07, 6.45) is 3.27. The molecule has 22 heavy (non-hydrogen) atoms. The topological polar surface area (TPSA) is 63.3 Å². The number of aromatic nitrogens is 1. The lowest BCUT2D eigenvalue weighted by Gasteiger charge is -2.18. The van der Waals surface area contributed by atoms with Gasteiger partial charge in [-0.15, -0.1) is 0 Å². The first-order valence-electron chi connectivity index (χ1n) is 7.20. The lowest BCUT2D eigenvalue weighted by molar-refractivity contribution is 1.35. The van der Waals surface area contributed by atoms with Gasteiger partial charge in [-0.3, -0.25) is 4.99 Å². The second kappa shape index (κ2) is 6.45. The zero-order valence-electron chi connectivity index (χ0n) is 13.9. The van der Waals surface area contributed by atoms with Crippen LogP contribution in [-0.2, 0) is 0 Å². The Balaban J connectivity index is 2.71. The number of nitrogens with two attached hydrogens (primary N) is 1. The summed E-state index contributed by atoms with van der Waals surface area (Å²) in [5, 5.41) is 5.90. The number of hydrogen-bond acceptors (Lipinski definition) is 4. The Kier molecular flexibility index (Phi) is 4.82. The SMILES string of the molecule is CN=CC(=CN)c1ccc2c([P+](C)(C)C)c(NC)ccc2n1. The molecule has 0 atom stereocenters. The van der Waals surface area contributed by atoms with Gasteiger partial charge in [-0.2, -0.15) is 0 Å². The van der Waals surface area contributed by atoms with E-state index in [-0.39, 0.29) is 0 Å². The highest BCUT2D eigenvalue weighted by Gasteiger charge is 2.28. The number of anilines is 1. The van der Waals surface area contributed by atoms with Gasteiger partial charge in [-0.25, -0.2) is 4.98 Å². The zero-order valence-corrected chi connectivity index (χ0v) is 14.8. The molecule has 2 aromatic rings. The molecule has 0 fully saturated rings. The quantitative estimate of drug-likeness (QED) is 0.673. The number of nitrogens with zero attached hydrogens (tertiary/aromatic N) is 2. The van der Waals surface area contributed by atoms with Crippen LogP contribution in [0.4, 0.5) is 5.69 Å². The molecule has 0 bridgehead atoms. The van der Waals surface area contributed by atoms with E-state index in [1.54, 1.807) is 19.5 Å². The number of rotatable bonds is 4. The fraction of sp³-hybridized carbons (Fsp3) is 0.294. The molecule has 1 aromatic carbocycles. The van der Waals surface area contributed by atoms with Gasteiger partial charge in [0, 0.05) is 44.7 Å². The third-order valence-electron chi connectivity index (χ3n) is 3.53. The maximum absolute atomic E-state index is 5.68. The molecule has 0 unspecified atom stereocenters. The molecule has 0 saturated heterocycles. The highest BCUT2D eigenvalue weighted by Crippen LogP contribution is 2.49. The molecule has 0 aliphatic carbocycles. The van der Waals surface area contributed by atoms with Crippen molar-refractivity contribution in [1.29, 1.82) is 0 Å². The average Bonchev–Trinajstić information content (AvgIpc) is 2.49. The van der Waals surface area contributed by atoms with E-state index in [2.05, 4.69) is 48.5 Å². The van der Waals surface area contributed by atoms with E-state index in [0.29, 0.717) is 0 Å². The molecule has 0 aliphatic rings. The van der Waals surface area contributed by atoms with Crippen molar-refractivity contribution in [1.82, 2.24) is 4.98 Å². The average molecular weight is 315 g/mol. The van der Waals surface area contributed by atoms with Crippen LogP contribution in [0.1, 0.15) is 5.69 Å². The van der Waals surface area contributed by atoms with Gasteiger partial charge in [-0.05, 0) is 24.3 Å². The van der Waals surface area contributed by atoms with Crippen LogP contribution < -0.4 is 16.4 Å². The Bertz CT molecular complexity index is 742. The number of nitrogens with one attached hydrogen (secondary N) is 1. The molecular weight excluding hydrogens is 291 g/mol. The summed E-state index contributed by atoms with van der Waals surface area (Å²) in [4.78, 5) is 8.79. The van der Waals surface area contributed by atoms with Crippen LogP contribution in [0.5, 0.6) is 0 Å². The lowest BCUT2D eigenvalue weighted by atomic mass is 10.1. The predicted octanol–water partition coefficient (Wildman–Crippen LogP) is 2.81. The van der Waals surface area contributed by atoms with Crippen molar-refractivity contribution in [2.75, 3.05) is 39.4 Å². The molecular formula is C17H24N4P+. The van der Waals surface area contributed by atoms with E-state index < -0.39 is 7.26 Å². The highest BCUT2D eigenvalue weighted by molar-refractivity contribution is 7.81. The third kappa shape index (κ3) is 3.12. The fourth-order valence-electron chi connectivity index (χ4n) is 2.61. The van der Waals surface area contributed by atoms with Gasteiger partial charge in [0.05, 0.1) is 36.9 Å². The standard InChI is InChI=1S/C17H24N4P/c1-19-11-12(10-18)14-7-6-13-15(21-14)8-9-16(20-2)17(13)22(3,4)5/h6-11,20H,18H2,1-5H3/q+1. The van der Waals surface area contributed by atoms with Gasteiger partial charge < -0.3 is 11.1 Å². The van der Waals surface area contributed by atoms with Gasteiger partial charge in [0.15, 0.2) is 0 Å². The van der Waals surface area contributed by atoms with Crippen LogP contribution in [0.2, 0.25) is 0 Å². The van der Waals surface area contributed by atoms with E-state index in [4.69, 9.17) is 10.7 Å². The molecule has 1 aromatic heterocycles. The Morgan fingerprint density at radius 3 is 2.50 bits per heavy atom. The molecule has 2 rings (SSSR count). The molecule has 5 heteroatoms. The minimum atomic E-state index is -1.19. The number of aliphatic imine (C=N–C) groups is 1. The normalized spacial score (nSPS) is 13.0. The van der Waals surface area contributed by atoms with Crippen LogP contribution in [0.3, 0.4) is 0 Å². The monoisotopic (exact) mass is 315 g/mol. The van der Waals surface area contributed by atoms with Crippen molar-refractivity contribution >= 4 is 40.9 Å². The summed E-state index contributed by atoms with van der Waals surface area (Å²) in [5.74, 6) is 0. The number of benzene rings is 1. The molecule has 1 heterocycles. The molecule has 0 saturated carbocycles. The van der Waals surface area contributed by atoms with Gasteiger partial charge in [0.2, 0.25) is 0 Å². The van der Waals surface area contributed by atoms with Gasteiger partial charge in [0.25, 0.3) is 0 Å². The highest BCUT2D eigenvalue weighted by atomic mass is 31.2. The van der Waals surface area contributed by atoms with E-state index in [1.165, 1.54) is 16.4 Å². The maximum Gasteiger partial charge on any atom is 0.125 e. The van der Waals surface area contributed by atoms with Crippen LogP contribution in [0, 0.1) is 0 Å². The summed E-state index contributed by atoms with van der Waals surface area (Å²) < 4.78 is 0.